The zero-order valence-corrected chi connectivity index (χ0v) is 10.5. The Kier molecular flexibility index (Phi) is 9.20. The first kappa shape index (κ1) is 15.7. The minimum atomic E-state index is -0.675. The number of rotatable bonds is 5. The SMILES string of the molecule is CC(C)(C)CCCCCC(=O)O.[H-].[H-].[Mg+2]. The van der Waals surface area contributed by atoms with E-state index >= 15 is 0 Å². The fourth-order valence-electron chi connectivity index (χ4n) is 1.11. The topological polar surface area (TPSA) is 37.3 Å². The summed E-state index contributed by atoms with van der Waals surface area (Å²) < 4.78 is 0. The van der Waals surface area contributed by atoms with Gasteiger partial charge >= 0.3 is 29.0 Å². The molecule has 0 heterocycles. The van der Waals surface area contributed by atoms with Gasteiger partial charge in [-0.1, -0.05) is 33.6 Å². The van der Waals surface area contributed by atoms with Crippen molar-refractivity contribution in [1.82, 2.24) is 0 Å². The smallest absolute Gasteiger partial charge is 1.00 e. The molecule has 1 N–H and O–H groups in total. The molecule has 0 aliphatic heterocycles. The maximum atomic E-state index is 10.2. The van der Waals surface area contributed by atoms with Gasteiger partial charge in [0.1, 0.15) is 0 Å². The van der Waals surface area contributed by atoms with Crippen molar-refractivity contribution in [3.05, 3.63) is 0 Å². The average molecular weight is 199 g/mol. The summed E-state index contributed by atoms with van der Waals surface area (Å²) in [5.41, 5.74) is 0.392. The van der Waals surface area contributed by atoms with E-state index in [1.165, 1.54) is 6.42 Å². The molecule has 0 radical (unpaired) electrons. The molecule has 0 saturated carbocycles. The van der Waals surface area contributed by atoms with E-state index in [4.69, 9.17) is 5.11 Å². The Balaban J connectivity index is -0.000000202. The van der Waals surface area contributed by atoms with Gasteiger partial charge in [0.25, 0.3) is 0 Å². The predicted octanol–water partition coefficient (Wildman–Crippen LogP) is 2.91. The summed E-state index contributed by atoms with van der Waals surface area (Å²) in [6.07, 6.45) is 4.53. The van der Waals surface area contributed by atoms with Gasteiger partial charge in [-0.2, -0.15) is 0 Å². The van der Waals surface area contributed by atoms with Gasteiger partial charge in [0, 0.05) is 6.42 Å². The number of carboxylic acid groups (broad SMARTS) is 1. The van der Waals surface area contributed by atoms with Crippen LogP contribution < -0.4 is 0 Å². The van der Waals surface area contributed by atoms with Crippen LogP contribution in [0.2, 0.25) is 0 Å². The number of carbonyl (C=O) groups is 1. The van der Waals surface area contributed by atoms with Crippen molar-refractivity contribution in [1.29, 1.82) is 0 Å². The summed E-state index contributed by atoms with van der Waals surface area (Å²) in [4.78, 5) is 10.2. The van der Waals surface area contributed by atoms with Crippen molar-refractivity contribution < 1.29 is 12.8 Å². The number of hydrogen-bond donors (Lipinski definition) is 1. The van der Waals surface area contributed by atoms with Crippen molar-refractivity contribution in [3.8, 4) is 0 Å². The summed E-state index contributed by atoms with van der Waals surface area (Å²) in [5.74, 6) is -0.675. The molecule has 0 atom stereocenters. The van der Waals surface area contributed by atoms with E-state index in [-0.39, 0.29) is 25.9 Å². The second kappa shape index (κ2) is 7.62. The molecule has 0 aliphatic rings. The van der Waals surface area contributed by atoms with Crippen LogP contribution in [-0.2, 0) is 4.79 Å². The normalized spacial score (nSPS) is 10.7. The zero-order chi connectivity index (χ0) is 9.61. The van der Waals surface area contributed by atoms with Crippen LogP contribution >= 0.6 is 0 Å². The molecule has 0 saturated heterocycles. The Morgan fingerprint density at radius 1 is 1.23 bits per heavy atom. The molecular weight excluding hydrogens is 176 g/mol. The second-order valence-electron chi connectivity index (χ2n) is 4.52. The van der Waals surface area contributed by atoms with Gasteiger partial charge in [0.15, 0.2) is 0 Å². The molecule has 0 aliphatic carbocycles. The summed E-state index contributed by atoms with van der Waals surface area (Å²) in [6, 6.07) is 0. The van der Waals surface area contributed by atoms with Crippen LogP contribution in [-0.4, -0.2) is 34.1 Å². The van der Waals surface area contributed by atoms with E-state index in [0.717, 1.165) is 19.3 Å². The molecule has 0 aromatic rings. The molecule has 2 nitrogen and oxygen atoms in total. The third kappa shape index (κ3) is 15.0. The average Bonchev–Trinajstić information content (AvgIpc) is 1.83. The maximum Gasteiger partial charge on any atom is 2.00 e. The summed E-state index contributed by atoms with van der Waals surface area (Å²) in [5, 5.41) is 8.37. The monoisotopic (exact) mass is 198 g/mol. The van der Waals surface area contributed by atoms with E-state index in [1.54, 1.807) is 0 Å². The summed E-state index contributed by atoms with van der Waals surface area (Å²) >= 11 is 0. The van der Waals surface area contributed by atoms with Gasteiger partial charge in [-0.15, -0.1) is 0 Å². The van der Waals surface area contributed by atoms with Gasteiger partial charge in [0.2, 0.25) is 0 Å². The minimum absolute atomic E-state index is 0. The van der Waals surface area contributed by atoms with Gasteiger partial charge in [-0.05, 0) is 18.3 Å². The first-order chi connectivity index (χ1) is 5.42. The molecule has 0 aromatic carbocycles. The Morgan fingerprint density at radius 3 is 2.15 bits per heavy atom. The summed E-state index contributed by atoms with van der Waals surface area (Å²) in [6.45, 7) is 6.64. The molecule has 0 fully saturated rings. The van der Waals surface area contributed by atoms with Crippen LogP contribution in [0.15, 0.2) is 0 Å². The third-order valence-electron chi connectivity index (χ3n) is 1.82. The molecule has 0 bridgehead atoms. The van der Waals surface area contributed by atoms with Crippen molar-refractivity contribution >= 4 is 29.0 Å². The number of aliphatic carboxylic acids is 1. The van der Waals surface area contributed by atoms with E-state index in [2.05, 4.69) is 20.8 Å². The van der Waals surface area contributed by atoms with Crippen LogP contribution in [0.4, 0.5) is 0 Å². The quantitative estimate of drug-likeness (QED) is 0.545. The van der Waals surface area contributed by atoms with E-state index < -0.39 is 5.97 Å². The van der Waals surface area contributed by atoms with E-state index in [1.807, 2.05) is 0 Å². The number of hydrogen-bond acceptors (Lipinski definition) is 1. The Bertz CT molecular complexity index is 147. The van der Waals surface area contributed by atoms with Crippen molar-refractivity contribution in [3.63, 3.8) is 0 Å². The molecule has 0 spiro atoms. The van der Waals surface area contributed by atoms with Crippen LogP contribution in [0.5, 0.6) is 0 Å². The van der Waals surface area contributed by atoms with Crippen molar-refractivity contribution in [2.75, 3.05) is 0 Å². The van der Waals surface area contributed by atoms with Gasteiger partial charge in [0.05, 0.1) is 0 Å². The number of carboxylic acids is 1. The van der Waals surface area contributed by atoms with E-state index in [0.29, 0.717) is 11.8 Å². The maximum absolute atomic E-state index is 10.2. The Hall–Kier alpha value is 0.236. The second-order valence-corrected chi connectivity index (χ2v) is 4.52. The zero-order valence-electron chi connectivity index (χ0n) is 11.1. The minimum Gasteiger partial charge on any atom is -1.00 e. The number of unbranched alkanes of at least 4 members (excludes halogenated alkanes) is 2. The predicted molar refractivity (Wildman–Crippen MR) is 58.2 cm³/mol. The van der Waals surface area contributed by atoms with Crippen LogP contribution in [0.3, 0.4) is 0 Å². The molecule has 0 unspecified atom stereocenters. The third-order valence-corrected chi connectivity index (χ3v) is 1.82. The van der Waals surface area contributed by atoms with E-state index in [9.17, 15) is 4.79 Å². The first-order valence-electron chi connectivity index (χ1n) is 4.63. The molecular formula is C10H22MgO2. The van der Waals surface area contributed by atoms with Gasteiger partial charge < -0.3 is 7.96 Å². The molecule has 0 amide bonds. The van der Waals surface area contributed by atoms with Gasteiger partial charge in [-0.25, -0.2) is 0 Å². The molecule has 0 aromatic heterocycles. The molecule has 13 heavy (non-hydrogen) atoms. The van der Waals surface area contributed by atoms with Crippen molar-refractivity contribution in [2.45, 2.75) is 52.9 Å². The van der Waals surface area contributed by atoms with Crippen molar-refractivity contribution in [2.24, 2.45) is 5.41 Å². The molecule has 76 valence electrons. The fraction of sp³-hybridized carbons (Fsp3) is 0.900. The van der Waals surface area contributed by atoms with Crippen LogP contribution in [0.1, 0.15) is 55.7 Å². The largest absolute Gasteiger partial charge is 2.00 e. The van der Waals surface area contributed by atoms with Crippen LogP contribution in [0, 0.1) is 5.41 Å². The standard InChI is InChI=1S/C10H20O2.Mg.2H/c1-10(2,3)8-6-4-5-7-9(11)12;;;/h4-8H2,1-3H3,(H,11,12);;;/q;+2;2*-1. The van der Waals surface area contributed by atoms with Crippen LogP contribution in [0.25, 0.3) is 0 Å². The summed E-state index contributed by atoms with van der Waals surface area (Å²) in [7, 11) is 0. The fourth-order valence-corrected chi connectivity index (χ4v) is 1.11. The first-order valence-corrected chi connectivity index (χ1v) is 4.63. The Labute approximate surface area is 100 Å². The van der Waals surface area contributed by atoms with Gasteiger partial charge in [-0.3, -0.25) is 4.79 Å². The molecule has 0 rings (SSSR count). The Morgan fingerprint density at radius 2 is 1.77 bits per heavy atom. The molecule has 3 heteroatoms.